The molecule has 0 unspecified atom stereocenters. The molecule has 2 N–H and O–H groups in total. The quantitative estimate of drug-likeness (QED) is 0.344. The molecule has 2 heterocycles. The lowest BCUT2D eigenvalue weighted by atomic mass is 9.99. The van der Waals surface area contributed by atoms with Crippen molar-refractivity contribution in [3.8, 4) is 11.5 Å². The molecule has 3 atom stereocenters. The average Bonchev–Trinajstić information content (AvgIpc) is 3.41. The molecule has 15 heteroatoms. The third-order valence-electron chi connectivity index (χ3n) is 7.10. The van der Waals surface area contributed by atoms with Crippen molar-refractivity contribution >= 4 is 31.6 Å². The van der Waals surface area contributed by atoms with Gasteiger partial charge in [0.2, 0.25) is 10.0 Å². The van der Waals surface area contributed by atoms with E-state index in [-0.39, 0.29) is 46.6 Å². The van der Waals surface area contributed by atoms with Gasteiger partial charge in [0.25, 0.3) is 15.9 Å². The lowest BCUT2D eigenvalue weighted by molar-refractivity contribution is 0.0389. The molecular formula is C27H35N5O8S2. The van der Waals surface area contributed by atoms with Gasteiger partial charge in [-0.3, -0.25) is 9.52 Å². The Hall–Kier alpha value is -3.66. The first kappa shape index (κ1) is 31.3. The van der Waals surface area contributed by atoms with Gasteiger partial charge in [-0.15, -0.1) is 0 Å². The van der Waals surface area contributed by atoms with Crippen molar-refractivity contribution < 1.29 is 36.2 Å². The van der Waals surface area contributed by atoms with Crippen molar-refractivity contribution in [2.75, 3.05) is 38.6 Å². The molecule has 0 saturated heterocycles. The number of likely N-dealkylation sites (N-methyl/N-ethyl adjacent to an activating group) is 1. The molecule has 1 amide bonds. The van der Waals surface area contributed by atoms with Crippen molar-refractivity contribution in [1.82, 2.24) is 18.8 Å². The molecule has 1 aliphatic rings. The summed E-state index contributed by atoms with van der Waals surface area (Å²) in [6.45, 7) is 3.22. The molecule has 0 spiro atoms. The van der Waals surface area contributed by atoms with E-state index in [1.807, 2.05) is 0 Å². The van der Waals surface area contributed by atoms with E-state index in [0.29, 0.717) is 5.75 Å². The largest absolute Gasteiger partial charge is 0.497 e. The fraction of sp³-hybridized carbons (Fsp3) is 0.407. The molecule has 0 saturated carbocycles. The van der Waals surface area contributed by atoms with E-state index < -0.39 is 44.0 Å². The second kappa shape index (κ2) is 12.3. The van der Waals surface area contributed by atoms with Gasteiger partial charge in [0.05, 0.1) is 48.8 Å². The number of para-hydroxylation sites is 1. The number of aliphatic hydroxyl groups excluding tert-OH is 1. The van der Waals surface area contributed by atoms with E-state index >= 15 is 0 Å². The normalized spacial score (nSPS) is 18.5. The highest BCUT2D eigenvalue weighted by atomic mass is 32.2. The lowest BCUT2D eigenvalue weighted by Crippen LogP contribution is -2.50. The molecule has 1 aromatic heterocycles. The van der Waals surface area contributed by atoms with Crippen LogP contribution in [-0.4, -0.2) is 92.6 Å². The Labute approximate surface area is 245 Å². The summed E-state index contributed by atoms with van der Waals surface area (Å²) in [5.74, 6) is -0.433. The summed E-state index contributed by atoms with van der Waals surface area (Å²) < 4.78 is 69.7. The number of nitrogens with one attached hydrogen (secondary N) is 1. The highest BCUT2D eigenvalue weighted by Crippen LogP contribution is 2.36. The van der Waals surface area contributed by atoms with Crippen molar-refractivity contribution in [1.29, 1.82) is 0 Å². The van der Waals surface area contributed by atoms with Crippen LogP contribution in [0.3, 0.4) is 0 Å². The number of ether oxygens (including phenoxy) is 2. The van der Waals surface area contributed by atoms with E-state index in [1.54, 1.807) is 33.0 Å². The standard InChI is InChI=1S/C27H35N5O8S2/c1-18-13-32(19(2)16-33)27(34)22-7-6-8-23(29-41(35,36)25-15-30(3)17-28-25)26(22)40-24(18)14-31(4)42(37,38)21-11-9-20(39-5)10-12-21/h6-12,15,17-19,24,29,33H,13-14,16H2,1-5H3/t18-,19+,24-/m1/s1. The highest BCUT2D eigenvalue weighted by molar-refractivity contribution is 7.92. The van der Waals surface area contributed by atoms with Crippen LogP contribution < -0.4 is 14.2 Å². The molecule has 0 bridgehead atoms. The number of benzene rings is 2. The molecule has 228 valence electrons. The molecule has 42 heavy (non-hydrogen) atoms. The van der Waals surface area contributed by atoms with E-state index in [1.165, 1.54) is 66.5 Å². The first-order valence-corrected chi connectivity index (χ1v) is 16.0. The zero-order valence-electron chi connectivity index (χ0n) is 24.0. The van der Waals surface area contributed by atoms with Crippen LogP contribution in [-0.2, 0) is 27.1 Å². The van der Waals surface area contributed by atoms with Gasteiger partial charge in [-0.1, -0.05) is 13.0 Å². The number of aromatic nitrogens is 2. The van der Waals surface area contributed by atoms with Gasteiger partial charge in [0.1, 0.15) is 11.9 Å². The third kappa shape index (κ3) is 6.38. The number of aryl methyl sites for hydroxylation is 1. The highest BCUT2D eigenvalue weighted by Gasteiger charge is 2.36. The monoisotopic (exact) mass is 621 g/mol. The third-order valence-corrected chi connectivity index (χ3v) is 10.2. The van der Waals surface area contributed by atoms with Crippen molar-refractivity contribution in [3.63, 3.8) is 0 Å². The Bertz CT molecular complexity index is 1640. The van der Waals surface area contributed by atoms with Crippen LogP contribution in [0.25, 0.3) is 0 Å². The number of imidazole rings is 1. The van der Waals surface area contributed by atoms with E-state index in [9.17, 15) is 26.7 Å². The summed E-state index contributed by atoms with van der Waals surface area (Å²) in [5, 5.41) is 9.66. The van der Waals surface area contributed by atoms with E-state index in [4.69, 9.17) is 9.47 Å². The van der Waals surface area contributed by atoms with Crippen LogP contribution >= 0.6 is 0 Å². The van der Waals surface area contributed by atoms with Crippen molar-refractivity contribution in [2.45, 2.75) is 35.9 Å². The number of carbonyl (C=O) groups is 1. The number of hydrogen-bond acceptors (Lipinski definition) is 9. The first-order chi connectivity index (χ1) is 19.8. The van der Waals surface area contributed by atoms with Crippen molar-refractivity contribution in [2.24, 2.45) is 13.0 Å². The Morgan fingerprint density at radius 2 is 1.88 bits per heavy atom. The van der Waals surface area contributed by atoms with Crippen LogP contribution in [0.4, 0.5) is 5.69 Å². The minimum absolute atomic E-state index is 0.0112. The number of anilines is 1. The van der Waals surface area contributed by atoms with Gasteiger partial charge >= 0.3 is 0 Å². The summed E-state index contributed by atoms with van der Waals surface area (Å²) in [4.78, 5) is 19.1. The van der Waals surface area contributed by atoms with Crippen LogP contribution in [0.5, 0.6) is 11.5 Å². The lowest BCUT2D eigenvalue weighted by Gasteiger charge is -2.38. The first-order valence-electron chi connectivity index (χ1n) is 13.1. The predicted octanol–water partition coefficient (Wildman–Crippen LogP) is 1.77. The average molecular weight is 622 g/mol. The number of aliphatic hydroxyl groups is 1. The fourth-order valence-electron chi connectivity index (χ4n) is 4.55. The van der Waals surface area contributed by atoms with Crippen LogP contribution in [0.2, 0.25) is 0 Å². The van der Waals surface area contributed by atoms with E-state index in [2.05, 4.69) is 9.71 Å². The molecule has 13 nitrogen and oxygen atoms in total. The Morgan fingerprint density at radius 1 is 1.19 bits per heavy atom. The van der Waals surface area contributed by atoms with Gasteiger partial charge < -0.3 is 24.0 Å². The summed E-state index contributed by atoms with van der Waals surface area (Å²) in [7, 11) is -3.57. The Kier molecular flexibility index (Phi) is 9.15. The van der Waals surface area contributed by atoms with Crippen LogP contribution in [0.15, 0.2) is 64.9 Å². The van der Waals surface area contributed by atoms with Gasteiger partial charge in [-0.25, -0.2) is 13.4 Å². The summed E-state index contributed by atoms with van der Waals surface area (Å²) in [6.07, 6.45) is 1.86. The zero-order valence-corrected chi connectivity index (χ0v) is 25.6. The molecule has 0 aliphatic carbocycles. The minimum atomic E-state index is -4.16. The predicted molar refractivity (Wildman–Crippen MR) is 154 cm³/mol. The van der Waals surface area contributed by atoms with Gasteiger partial charge in [0.15, 0.2) is 10.8 Å². The Balaban J connectivity index is 1.74. The number of methoxy groups -OCH3 is 1. The molecule has 1 aliphatic heterocycles. The molecule has 3 aromatic rings. The smallest absolute Gasteiger partial charge is 0.281 e. The second-order valence-corrected chi connectivity index (χ2v) is 13.9. The Morgan fingerprint density at radius 3 is 2.48 bits per heavy atom. The van der Waals surface area contributed by atoms with Crippen LogP contribution in [0, 0.1) is 5.92 Å². The maximum Gasteiger partial charge on any atom is 0.281 e. The van der Waals surface area contributed by atoms with Crippen LogP contribution in [0.1, 0.15) is 24.2 Å². The molecule has 0 radical (unpaired) electrons. The summed E-state index contributed by atoms with van der Waals surface area (Å²) in [5.41, 5.74) is 0.0527. The molecule has 0 fully saturated rings. The fourth-order valence-corrected chi connectivity index (χ4v) is 6.77. The number of nitrogens with zero attached hydrogens (tertiary/aromatic N) is 4. The van der Waals surface area contributed by atoms with E-state index in [0.717, 1.165) is 4.31 Å². The van der Waals surface area contributed by atoms with Gasteiger partial charge in [0, 0.05) is 32.8 Å². The topological polar surface area (TPSA) is 160 Å². The zero-order chi connectivity index (χ0) is 30.8. The molecular weight excluding hydrogens is 586 g/mol. The second-order valence-electron chi connectivity index (χ2n) is 10.2. The van der Waals surface area contributed by atoms with Gasteiger partial charge in [-0.2, -0.15) is 12.7 Å². The number of amides is 1. The SMILES string of the molecule is COc1ccc(S(=O)(=O)N(C)C[C@H]2Oc3c(NS(=O)(=O)c4cn(C)cn4)cccc3C(=O)N([C@@H](C)CO)C[C@H]2C)cc1. The minimum Gasteiger partial charge on any atom is -0.497 e. The number of rotatable bonds is 10. The summed E-state index contributed by atoms with van der Waals surface area (Å²) in [6, 6.07) is 9.87. The maximum atomic E-state index is 13.7. The number of hydrogen-bond donors (Lipinski definition) is 2. The number of fused-ring (bicyclic) bond motifs is 1. The number of carbonyl (C=O) groups excluding carboxylic acids is 1. The molecule has 4 rings (SSSR count). The van der Waals surface area contributed by atoms with Gasteiger partial charge in [-0.05, 0) is 43.3 Å². The maximum absolute atomic E-state index is 13.7. The molecule has 2 aromatic carbocycles. The van der Waals surface area contributed by atoms with Crippen molar-refractivity contribution in [3.05, 3.63) is 60.6 Å². The summed E-state index contributed by atoms with van der Waals surface area (Å²) >= 11 is 0. The number of sulfonamides is 2.